The first kappa shape index (κ1) is 15.5. The van der Waals surface area contributed by atoms with Gasteiger partial charge in [0.25, 0.3) is 0 Å². The summed E-state index contributed by atoms with van der Waals surface area (Å²) in [5, 5.41) is 0.556. The van der Waals surface area contributed by atoms with Crippen molar-refractivity contribution in [1.29, 1.82) is 0 Å². The standard InChI is InChI=1S/C15H25F3S/c1-2-10(4-3-7-15(16,17)18)11-5-6-12-9-14(19)13(12)8-11/h10-14,19H,2-9H2,1H3. The Bertz CT molecular complexity index is 290. The molecule has 0 heterocycles. The predicted octanol–water partition coefficient (Wildman–Crippen LogP) is 5.48. The van der Waals surface area contributed by atoms with E-state index in [-0.39, 0.29) is 0 Å². The van der Waals surface area contributed by atoms with Gasteiger partial charge in [0.2, 0.25) is 0 Å². The highest BCUT2D eigenvalue weighted by Crippen LogP contribution is 2.51. The van der Waals surface area contributed by atoms with Crippen LogP contribution in [0.2, 0.25) is 0 Å². The van der Waals surface area contributed by atoms with Crippen LogP contribution >= 0.6 is 12.6 Å². The van der Waals surface area contributed by atoms with Gasteiger partial charge in [-0.1, -0.05) is 13.3 Å². The summed E-state index contributed by atoms with van der Waals surface area (Å²) in [5.74, 6) is 2.75. The van der Waals surface area contributed by atoms with Crippen molar-refractivity contribution in [3.63, 3.8) is 0 Å². The number of thiol groups is 1. The maximum atomic E-state index is 12.2. The number of alkyl halides is 3. The molecule has 0 nitrogen and oxygen atoms in total. The highest BCUT2D eigenvalue weighted by atomic mass is 32.1. The van der Waals surface area contributed by atoms with Gasteiger partial charge in [0.1, 0.15) is 0 Å². The highest BCUT2D eigenvalue weighted by Gasteiger charge is 2.43. The smallest absolute Gasteiger partial charge is 0.176 e. The van der Waals surface area contributed by atoms with Gasteiger partial charge in [-0.25, -0.2) is 0 Å². The van der Waals surface area contributed by atoms with Gasteiger partial charge in [-0.05, 0) is 62.2 Å². The van der Waals surface area contributed by atoms with Crippen LogP contribution in [0, 0.1) is 23.7 Å². The van der Waals surface area contributed by atoms with Crippen LogP contribution in [0.15, 0.2) is 0 Å². The molecule has 0 aromatic heterocycles. The van der Waals surface area contributed by atoms with Crippen LogP contribution in [0.3, 0.4) is 0 Å². The molecule has 5 atom stereocenters. The molecule has 0 amide bonds. The summed E-state index contributed by atoms with van der Waals surface area (Å²) in [6.07, 6.45) is 2.45. The molecular weight excluding hydrogens is 269 g/mol. The van der Waals surface area contributed by atoms with E-state index in [1.807, 2.05) is 0 Å². The lowest BCUT2D eigenvalue weighted by atomic mass is 9.59. The van der Waals surface area contributed by atoms with E-state index in [1.165, 1.54) is 25.7 Å². The SMILES string of the molecule is CCC(CCCC(F)(F)F)C1CCC2CC(S)C2C1. The first-order chi connectivity index (χ1) is 8.90. The van der Waals surface area contributed by atoms with Crippen molar-refractivity contribution in [2.75, 3.05) is 0 Å². The molecule has 0 aromatic rings. The van der Waals surface area contributed by atoms with E-state index in [4.69, 9.17) is 0 Å². The fraction of sp³-hybridized carbons (Fsp3) is 1.00. The van der Waals surface area contributed by atoms with Crippen LogP contribution in [-0.4, -0.2) is 11.4 Å². The lowest BCUT2D eigenvalue weighted by Gasteiger charge is -2.49. The second-order valence-electron chi connectivity index (χ2n) is 6.48. The van der Waals surface area contributed by atoms with Crippen LogP contribution in [0.25, 0.3) is 0 Å². The van der Waals surface area contributed by atoms with E-state index in [2.05, 4.69) is 19.6 Å². The molecule has 4 heteroatoms. The van der Waals surface area contributed by atoms with Crippen LogP contribution in [0.4, 0.5) is 13.2 Å². The fourth-order valence-corrected chi connectivity index (χ4v) is 4.76. The third-order valence-electron chi connectivity index (χ3n) is 5.35. The quantitative estimate of drug-likeness (QED) is 0.638. The van der Waals surface area contributed by atoms with E-state index < -0.39 is 12.6 Å². The zero-order chi connectivity index (χ0) is 14.0. The summed E-state index contributed by atoms with van der Waals surface area (Å²) in [4.78, 5) is 0. The van der Waals surface area contributed by atoms with E-state index in [0.717, 1.165) is 24.7 Å². The molecule has 2 saturated carbocycles. The van der Waals surface area contributed by atoms with E-state index in [1.54, 1.807) is 0 Å². The largest absolute Gasteiger partial charge is 0.389 e. The number of fused-ring (bicyclic) bond motifs is 1. The second-order valence-corrected chi connectivity index (χ2v) is 7.14. The zero-order valence-corrected chi connectivity index (χ0v) is 12.5. The van der Waals surface area contributed by atoms with Crippen LogP contribution in [0.5, 0.6) is 0 Å². The molecule has 0 aromatic carbocycles. The Morgan fingerprint density at radius 1 is 1.21 bits per heavy atom. The van der Waals surface area contributed by atoms with Crippen molar-refractivity contribution >= 4 is 12.6 Å². The first-order valence-electron chi connectivity index (χ1n) is 7.65. The van der Waals surface area contributed by atoms with E-state index >= 15 is 0 Å². The molecule has 2 rings (SSSR count). The van der Waals surface area contributed by atoms with E-state index in [9.17, 15) is 13.2 Å². The van der Waals surface area contributed by atoms with Gasteiger partial charge >= 0.3 is 6.18 Å². The summed E-state index contributed by atoms with van der Waals surface area (Å²) in [6, 6.07) is 0. The van der Waals surface area contributed by atoms with Crippen molar-refractivity contribution in [3.8, 4) is 0 Å². The van der Waals surface area contributed by atoms with Gasteiger partial charge in [0, 0.05) is 11.7 Å². The maximum absolute atomic E-state index is 12.2. The van der Waals surface area contributed by atoms with Gasteiger partial charge in [0.15, 0.2) is 0 Å². The van der Waals surface area contributed by atoms with Gasteiger partial charge in [-0.3, -0.25) is 0 Å². The van der Waals surface area contributed by atoms with Crippen LogP contribution in [0.1, 0.15) is 58.3 Å². The molecule has 0 saturated heterocycles. The van der Waals surface area contributed by atoms with Gasteiger partial charge in [-0.15, -0.1) is 0 Å². The lowest BCUT2D eigenvalue weighted by molar-refractivity contribution is -0.136. The number of hydrogen-bond donors (Lipinski definition) is 1. The molecule has 0 N–H and O–H groups in total. The van der Waals surface area contributed by atoms with Crippen molar-refractivity contribution in [2.45, 2.75) is 69.7 Å². The van der Waals surface area contributed by atoms with Crippen LogP contribution < -0.4 is 0 Å². The average Bonchev–Trinajstić information content (AvgIpc) is 2.33. The molecule has 112 valence electrons. The van der Waals surface area contributed by atoms with Gasteiger partial charge in [0.05, 0.1) is 0 Å². The Hall–Kier alpha value is 0.140. The summed E-state index contributed by atoms with van der Waals surface area (Å²) in [5.41, 5.74) is 0. The molecular formula is C15H25F3S. The fourth-order valence-electron chi connectivity index (χ4n) is 4.12. The highest BCUT2D eigenvalue weighted by molar-refractivity contribution is 7.81. The Labute approximate surface area is 119 Å². The number of hydrogen-bond acceptors (Lipinski definition) is 1. The Balaban J connectivity index is 1.77. The third kappa shape index (κ3) is 4.05. The molecule has 2 aliphatic rings. The topological polar surface area (TPSA) is 0 Å². The third-order valence-corrected chi connectivity index (χ3v) is 5.95. The Kier molecular flexibility index (Phi) is 5.13. The van der Waals surface area contributed by atoms with Crippen molar-refractivity contribution in [3.05, 3.63) is 0 Å². The Morgan fingerprint density at radius 3 is 2.53 bits per heavy atom. The Morgan fingerprint density at radius 2 is 1.95 bits per heavy atom. The van der Waals surface area contributed by atoms with Gasteiger partial charge in [-0.2, -0.15) is 25.8 Å². The average molecular weight is 294 g/mol. The molecule has 0 spiro atoms. The number of rotatable bonds is 5. The molecule has 2 aliphatic carbocycles. The second kappa shape index (κ2) is 6.28. The summed E-state index contributed by atoms with van der Waals surface area (Å²) < 4.78 is 36.6. The normalized spacial score (nSPS) is 36.5. The minimum atomic E-state index is -3.99. The molecule has 0 bridgehead atoms. The van der Waals surface area contributed by atoms with E-state index in [0.29, 0.717) is 23.5 Å². The molecule has 0 aliphatic heterocycles. The van der Waals surface area contributed by atoms with Gasteiger partial charge < -0.3 is 0 Å². The molecule has 5 unspecified atom stereocenters. The zero-order valence-electron chi connectivity index (χ0n) is 11.6. The van der Waals surface area contributed by atoms with Crippen molar-refractivity contribution in [1.82, 2.24) is 0 Å². The minimum absolute atomic E-state index is 0.302. The summed E-state index contributed by atoms with van der Waals surface area (Å²) in [6.45, 7) is 2.13. The molecule has 2 fully saturated rings. The monoisotopic (exact) mass is 294 g/mol. The van der Waals surface area contributed by atoms with Crippen molar-refractivity contribution in [2.24, 2.45) is 23.7 Å². The number of halogens is 3. The molecule has 0 radical (unpaired) electrons. The van der Waals surface area contributed by atoms with Crippen LogP contribution in [-0.2, 0) is 0 Å². The predicted molar refractivity (Wildman–Crippen MR) is 75.4 cm³/mol. The van der Waals surface area contributed by atoms with Crippen molar-refractivity contribution < 1.29 is 13.2 Å². The first-order valence-corrected chi connectivity index (χ1v) is 8.17. The molecule has 19 heavy (non-hydrogen) atoms. The summed E-state index contributed by atoms with van der Waals surface area (Å²) in [7, 11) is 0. The maximum Gasteiger partial charge on any atom is 0.389 e. The summed E-state index contributed by atoms with van der Waals surface area (Å²) >= 11 is 4.60. The lowest BCUT2D eigenvalue weighted by Crippen LogP contribution is -2.43. The minimum Gasteiger partial charge on any atom is -0.176 e.